The summed E-state index contributed by atoms with van der Waals surface area (Å²) in [6.45, 7) is 6.13. The molecule has 2 aliphatic heterocycles. The van der Waals surface area contributed by atoms with Crippen LogP contribution in [0.2, 0.25) is 0 Å². The minimum atomic E-state index is -5.02. The Morgan fingerprint density at radius 3 is 2.49 bits per heavy atom. The van der Waals surface area contributed by atoms with Gasteiger partial charge in [0, 0.05) is 42.6 Å². The number of rotatable bonds is 17. The second kappa shape index (κ2) is 15.5. The molecule has 21 heteroatoms. The molecule has 9 N–H and O–H groups in total. The van der Waals surface area contributed by atoms with Gasteiger partial charge in [0.1, 0.15) is 24.1 Å². The van der Waals surface area contributed by atoms with E-state index in [0.717, 1.165) is 47.9 Å². The van der Waals surface area contributed by atoms with Crippen LogP contribution in [-0.4, -0.2) is 102 Å². The van der Waals surface area contributed by atoms with Crippen molar-refractivity contribution in [1.29, 1.82) is 0 Å². The first kappa shape index (κ1) is 37.3. The minimum Gasteiger partial charge on any atom is -0.489 e. The van der Waals surface area contributed by atoms with E-state index in [2.05, 4.69) is 41.1 Å². The van der Waals surface area contributed by atoms with Crippen molar-refractivity contribution < 1.29 is 50.9 Å². The lowest BCUT2D eigenvalue weighted by atomic mass is 9.84. The van der Waals surface area contributed by atoms with E-state index in [1.807, 2.05) is 24.3 Å². The van der Waals surface area contributed by atoms with Crippen LogP contribution in [0, 0.1) is 5.92 Å². The van der Waals surface area contributed by atoms with Crippen molar-refractivity contribution in [3.05, 3.63) is 53.7 Å². The van der Waals surface area contributed by atoms with Gasteiger partial charge in [-0.2, -0.15) is 13.5 Å². The van der Waals surface area contributed by atoms with Crippen molar-refractivity contribution >= 4 is 56.2 Å². The Hall–Kier alpha value is -4.93. The van der Waals surface area contributed by atoms with Crippen molar-refractivity contribution in [2.24, 2.45) is 16.8 Å². The molecule has 2 atom stereocenters. The molecule has 51 heavy (non-hydrogen) atoms. The quantitative estimate of drug-likeness (QED) is 0.0298. The topological polar surface area (TPSA) is 274 Å². The van der Waals surface area contributed by atoms with Gasteiger partial charge in [0.25, 0.3) is 23.7 Å². The highest BCUT2D eigenvalue weighted by Gasteiger charge is 2.58. The number of aromatic nitrogens is 2. The maximum absolute atomic E-state index is 13.3. The number of hydroxylamine groups is 2. The molecule has 0 aliphatic carbocycles. The summed E-state index contributed by atoms with van der Waals surface area (Å²) in [6.07, 6.45) is 0.381. The van der Waals surface area contributed by atoms with Crippen LogP contribution in [0.3, 0.4) is 0 Å². The summed E-state index contributed by atoms with van der Waals surface area (Å²) in [5.74, 6) is -1.62. The Labute approximate surface area is 296 Å². The number of β-lactam (4-membered cyclic amide) rings is 1. The van der Waals surface area contributed by atoms with E-state index in [4.69, 9.17) is 25.6 Å². The van der Waals surface area contributed by atoms with Gasteiger partial charge in [0.15, 0.2) is 10.8 Å². The lowest BCUT2D eigenvalue weighted by molar-refractivity contribution is -0.690. The second-order valence-electron chi connectivity index (χ2n) is 12.2. The number of thiazole rings is 1. The van der Waals surface area contributed by atoms with Gasteiger partial charge in [0.05, 0.1) is 24.8 Å². The first-order chi connectivity index (χ1) is 24.2. The summed E-state index contributed by atoms with van der Waals surface area (Å²) < 4.78 is 43.4. The van der Waals surface area contributed by atoms with Gasteiger partial charge in [-0.15, -0.1) is 15.6 Å². The largest absolute Gasteiger partial charge is 0.489 e. The number of nitrogens with two attached hydrogens (primary N) is 2. The van der Waals surface area contributed by atoms with Crippen LogP contribution in [0.4, 0.5) is 10.9 Å². The van der Waals surface area contributed by atoms with E-state index in [1.165, 1.54) is 19.2 Å². The summed E-state index contributed by atoms with van der Waals surface area (Å²) in [4.78, 5) is 47.1. The third-order valence-electron chi connectivity index (χ3n) is 8.03. The average molecular weight is 749 g/mol. The molecule has 4 heterocycles. The zero-order valence-corrected chi connectivity index (χ0v) is 29.1. The number of aliphatic carboxylic acids is 1. The summed E-state index contributed by atoms with van der Waals surface area (Å²) in [6, 6.07) is 9.70. The minimum absolute atomic E-state index is 0.0597. The number of nitrogens with one attached hydrogen (secondary N) is 3. The van der Waals surface area contributed by atoms with Gasteiger partial charge < -0.3 is 36.8 Å². The summed E-state index contributed by atoms with van der Waals surface area (Å²) in [7, 11) is -5.02. The maximum atomic E-state index is 13.3. The van der Waals surface area contributed by atoms with Crippen molar-refractivity contribution in [2.75, 3.05) is 43.8 Å². The number of carbonyl (C=O) groups excluding carboxylic acids is 2. The predicted octanol–water partition coefficient (Wildman–Crippen LogP) is -0.637. The lowest BCUT2D eigenvalue weighted by Gasteiger charge is -2.50. The smallest absolute Gasteiger partial charge is 0.418 e. The number of carbonyl (C=O) groups is 3. The van der Waals surface area contributed by atoms with Crippen molar-refractivity contribution in [2.45, 2.75) is 38.1 Å². The molecular weight excluding hydrogens is 711 g/mol. The number of oxime groups is 1. The van der Waals surface area contributed by atoms with E-state index in [9.17, 15) is 27.9 Å². The van der Waals surface area contributed by atoms with Gasteiger partial charge in [0.2, 0.25) is 0 Å². The maximum Gasteiger partial charge on any atom is 0.418 e. The van der Waals surface area contributed by atoms with E-state index in [-0.39, 0.29) is 10.8 Å². The molecule has 2 saturated heterocycles. The Morgan fingerprint density at radius 1 is 1.22 bits per heavy atom. The van der Waals surface area contributed by atoms with Crippen LogP contribution in [0.25, 0.3) is 11.1 Å². The number of nitrogens with zero attached hydrogens (tertiary/aromatic N) is 4. The Kier molecular flexibility index (Phi) is 11.4. The van der Waals surface area contributed by atoms with E-state index < -0.39 is 58.2 Å². The second-order valence-corrected chi connectivity index (χ2v) is 14.1. The number of carboxylic acids is 1. The molecule has 0 radical (unpaired) electrons. The molecule has 2 amide bonds. The van der Waals surface area contributed by atoms with Gasteiger partial charge in [-0.3, -0.25) is 19.5 Å². The number of nitrogen functional groups attached to an aromatic ring is 1. The molecule has 3 aromatic rings. The van der Waals surface area contributed by atoms with Crippen LogP contribution >= 0.6 is 11.3 Å². The number of amides is 2. The lowest BCUT2D eigenvalue weighted by Crippen LogP contribution is -2.76. The number of ether oxygens (including phenoxy) is 1. The highest BCUT2D eigenvalue weighted by Crippen LogP contribution is 2.33. The monoisotopic (exact) mass is 748 g/mol. The molecule has 0 saturated carbocycles. The normalized spacial score (nSPS) is 18.0. The van der Waals surface area contributed by atoms with Gasteiger partial charge >= 0.3 is 16.4 Å². The summed E-state index contributed by atoms with van der Waals surface area (Å²) in [5, 5.41) is 24.4. The zero-order chi connectivity index (χ0) is 36.9. The van der Waals surface area contributed by atoms with E-state index in [0.29, 0.717) is 29.8 Å². The first-order valence-electron chi connectivity index (χ1n) is 15.6. The third kappa shape index (κ3) is 9.06. The number of hydrogen-bond donors (Lipinski definition) is 7. The number of pyridine rings is 1. The number of hydrogen-bond acceptors (Lipinski definition) is 15. The molecule has 1 aromatic carbocycles. The van der Waals surface area contributed by atoms with Crippen LogP contribution in [0.15, 0.2) is 53.1 Å². The zero-order valence-electron chi connectivity index (χ0n) is 27.5. The molecule has 274 valence electrons. The van der Waals surface area contributed by atoms with Crippen LogP contribution in [0.5, 0.6) is 5.75 Å². The predicted molar refractivity (Wildman–Crippen MR) is 183 cm³/mol. The highest BCUT2D eigenvalue weighted by molar-refractivity contribution is 7.80. The molecule has 5 rings (SSSR count). The average Bonchev–Trinajstić information content (AvgIpc) is 3.49. The van der Waals surface area contributed by atoms with E-state index in [1.54, 1.807) is 12.1 Å². The van der Waals surface area contributed by atoms with Crippen LogP contribution < -0.4 is 36.7 Å². The number of benzene rings is 1. The molecule has 1 unspecified atom stereocenters. The Morgan fingerprint density at radius 2 is 1.92 bits per heavy atom. The highest BCUT2D eigenvalue weighted by atomic mass is 32.3. The fraction of sp³-hybridized carbons (Fsp3) is 0.400. The molecular formula is C30H38N9O10S2+. The van der Waals surface area contributed by atoms with Gasteiger partial charge in [-0.1, -0.05) is 17.3 Å². The third-order valence-corrected chi connectivity index (χ3v) is 9.04. The van der Waals surface area contributed by atoms with E-state index >= 15 is 0 Å². The number of anilines is 2. The first-order valence-corrected chi connectivity index (χ1v) is 17.8. The molecule has 0 spiro atoms. The molecule has 0 bridgehead atoms. The Bertz CT molecular complexity index is 1900. The van der Waals surface area contributed by atoms with Crippen molar-refractivity contribution in [3.8, 4) is 16.9 Å². The fourth-order valence-electron chi connectivity index (χ4n) is 5.18. The van der Waals surface area contributed by atoms with Crippen molar-refractivity contribution in [3.63, 3.8) is 0 Å². The van der Waals surface area contributed by atoms with Gasteiger partial charge in [-0.25, -0.2) is 14.3 Å². The van der Waals surface area contributed by atoms with Crippen LogP contribution in [0.1, 0.15) is 19.5 Å². The standard InChI is InChI=1S/C30H37N9O10S2/c1-30(2)25(27(41)39(30)49-51(44,45)46)36-26(40)24(21-16-50-29(32)35-21)37-48-22(28(42)43)15-47-20-6-3-18(4-7-20)19-5-8-23(34-10-9-31)38(14-19)13-17-11-33-12-17/h3-8,14,16-17,22,25,33H,9-13,15,31H2,1-2H3,(H5,32,35,36,40,42,43,44,45,46)/p+1/b37-24-/t22?,25-/m1/s1. The summed E-state index contributed by atoms with van der Waals surface area (Å²) >= 11 is 0.962. The SMILES string of the molecule is CC1(C)[C@H](NC(=O)/C(=N\OC(COc2ccc(-c3ccc(NCCN)[n+](CC4CNC4)c3)cc2)C(=O)O)c2csc(N)n2)C(=O)N1OS(=O)(=O)O. The fourth-order valence-corrected chi connectivity index (χ4v) is 6.18. The Balaban J connectivity index is 1.25. The van der Waals surface area contributed by atoms with Gasteiger partial charge in [-0.05, 0) is 37.6 Å². The number of carboxylic acid groups (broad SMARTS) is 1. The molecule has 2 aromatic heterocycles. The molecule has 2 fully saturated rings. The summed E-state index contributed by atoms with van der Waals surface area (Å²) in [5.41, 5.74) is 11.2. The van der Waals surface area contributed by atoms with Crippen molar-refractivity contribution in [1.82, 2.24) is 20.7 Å². The van der Waals surface area contributed by atoms with Crippen LogP contribution in [-0.2, 0) is 40.4 Å². The molecule has 2 aliphatic rings. The molecule has 19 nitrogen and oxygen atoms in total.